The number of thiazole rings is 1. The summed E-state index contributed by atoms with van der Waals surface area (Å²) in [6.07, 6.45) is 3.57. The Morgan fingerprint density at radius 3 is 2.79 bits per heavy atom. The predicted molar refractivity (Wildman–Crippen MR) is 97.6 cm³/mol. The molecule has 0 fully saturated rings. The molecule has 0 aliphatic heterocycles. The maximum Gasteiger partial charge on any atom is 0.407 e. The molecule has 0 saturated heterocycles. The van der Waals surface area contributed by atoms with Gasteiger partial charge in [0.25, 0.3) is 0 Å². The molecule has 2 N–H and O–H groups in total. The first-order chi connectivity index (χ1) is 11.4. The highest BCUT2D eigenvalue weighted by Gasteiger charge is 2.25. The van der Waals surface area contributed by atoms with Crippen molar-refractivity contribution >= 4 is 28.3 Å². The molecule has 0 aliphatic carbocycles. The van der Waals surface area contributed by atoms with Gasteiger partial charge in [-0.2, -0.15) is 0 Å². The topological polar surface area (TPSA) is 69.2 Å². The van der Waals surface area contributed by atoms with E-state index >= 15 is 0 Å². The Hall–Kier alpha value is -2.34. The molecule has 126 valence electrons. The highest BCUT2D eigenvalue weighted by molar-refractivity contribution is 7.13. The van der Waals surface area contributed by atoms with Gasteiger partial charge in [-0.15, -0.1) is 11.3 Å². The molecule has 2 aromatic heterocycles. The van der Waals surface area contributed by atoms with Crippen LogP contribution in [0.15, 0.2) is 36.0 Å². The summed E-state index contributed by atoms with van der Waals surface area (Å²) in [5.74, 6) is 0. The van der Waals surface area contributed by atoms with Gasteiger partial charge in [-0.3, -0.25) is 0 Å². The number of H-pyrrole nitrogens is 1. The number of nitrogens with zero attached hydrogens (tertiary/aromatic N) is 2. The van der Waals surface area contributed by atoms with Crippen LogP contribution in [0.2, 0.25) is 0 Å². The van der Waals surface area contributed by atoms with Crippen molar-refractivity contribution in [2.45, 2.75) is 32.7 Å². The van der Waals surface area contributed by atoms with Gasteiger partial charge >= 0.3 is 6.09 Å². The fraction of sp³-hybridized carbons (Fsp3) is 0.333. The lowest BCUT2D eigenvalue weighted by atomic mass is 10.0. The first-order valence-corrected chi connectivity index (χ1v) is 8.74. The Balaban J connectivity index is 1.82. The average molecular weight is 343 g/mol. The second-order valence-electron chi connectivity index (χ2n) is 6.77. The van der Waals surface area contributed by atoms with Gasteiger partial charge in [-0.1, -0.05) is 12.1 Å². The number of hydrogen-bond acceptors (Lipinski definition) is 3. The zero-order valence-electron chi connectivity index (χ0n) is 14.0. The molecule has 0 atom stereocenters. The SMILES string of the molecule is CC(C)(C)N(CCc1c[nH]c2cc(-c3nccs3)ccc12)C(=O)O. The molecule has 24 heavy (non-hydrogen) atoms. The van der Waals surface area contributed by atoms with Crippen LogP contribution in [0.3, 0.4) is 0 Å². The van der Waals surface area contributed by atoms with Gasteiger partial charge in [0.05, 0.1) is 0 Å². The Labute approximate surface area is 145 Å². The molecule has 0 radical (unpaired) electrons. The fourth-order valence-electron chi connectivity index (χ4n) is 2.84. The van der Waals surface area contributed by atoms with E-state index in [0.29, 0.717) is 13.0 Å². The van der Waals surface area contributed by atoms with Crippen molar-refractivity contribution in [3.05, 3.63) is 41.5 Å². The minimum absolute atomic E-state index is 0.407. The van der Waals surface area contributed by atoms with E-state index in [4.69, 9.17) is 0 Å². The first-order valence-electron chi connectivity index (χ1n) is 7.87. The normalized spacial score (nSPS) is 11.8. The Morgan fingerprint density at radius 1 is 1.38 bits per heavy atom. The van der Waals surface area contributed by atoms with Crippen molar-refractivity contribution in [3.63, 3.8) is 0 Å². The summed E-state index contributed by atoms with van der Waals surface area (Å²) in [5, 5.41) is 13.5. The number of amides is 1. The second kappa shape index (κ2) is 6.28. The van der Waals surface area contributed by atoms with Crippen LogP contribution < -0.4 is 0 Å². The number of hydrogen-bond donors (Lipinski definition) is 2. The third kappa shape index (κ3) is 3.28. The zero-order valence-corrected chi connectivity index (χ0v) is 14.9. The van der Waals surface area contributed by atoms with Crippen molar-refractivity contribution in [2.75, 3.05) is 6.54 Å². The molecule has 3 aromatic rings. The number of aromatic nitrogens is 2. The Morgan fingerprint density at radius 2 is 2.17 bits per heavy atom. The number of benzene rings is 1. The summed E-state index contributed by atoms with van der Waals surface area (Å²) in [4.78, 5) is 20.6. The quantitative estimate of drug-likeness (QED) is 0.726. The van der Waals surface area contributed by atoms with E-state index in [1.807, 2.05) is 32.3 Å². The summed E-state index contributed by atoms with van der Waals surface area (Å²) >= 11 is 1.61. The second-order valence-corrected chi connectivity index (χ2v) is 7.66. The summed E-state index contributed by atoms with van der Waals surface area (Å²) in [6.45, 7) is 6.21. The first kappa shape index (κ1) is 16.5. The Kier molecular flexibility index (Phi) is 4.32. The third-order valence-corrected chi connectivity index (χ3v) is 4.91. The number of aromatic amines is 1. The van der Waals surface area contributed by atoms with Crippen LogP contribution in [-0.4, -0.2) is 38.2 Å². The van der Waals surface area contributed by atoms with E-state index in [9.17, 15) is 9.90 Å². The van der Waals surface area contributed by atoms with Gasteiger partial charge in [-0.05, 0) is 38.8 Å². The van der Waals surface area contributed by atoms with Gasteiger partial charge in [0, 0.05) is 46.3 Å². The molecule has 0 unspecified atom stereocenters. The summed E-state index contributed by atoms with van der Waals surface area (Å²) in [7, 11) is 0. The van der Waals surface area contributed by atoms with Crippen molar-refractivity contribution in [1.29, 1.82) is 0 Å². The minimum atomic E-state index is -0.881. The van der Waals surface area contributed by atoms with Crippen molar-refractivity contribution in [3.8, 4) is 10.6 Å². The molecule has 6 heteroatoms. The molecular weight excluding hydrogens is 322 g/mol. The highest BCUT2D eigenvalue weighted by atomic mass is 32.1. The summed E-state index contributed by atoms with van der Waals surface area (Å²) in [6, 6.07) is 6.24. The molecule has 5 nitrogen and oxygen atoms in total. The van der Waals surface area contributed by atoms with Crippen LogP contribution >= 0.6 is 11.3 Å². The summed E-state index contributed by atoms with van der Waals surface area (Å²) in [5.41, 5.74) is 2.87. The number of carboxylic acid groups (broad SMARTS) is 1. The monoisotopic (exact) mass is 343 g/mol. The zero-order chi connectivity index (χ0) is 17.3. The molecule has 1 amide bonds. The van der Waals surface area contributed by atoms with Crippen LogP contribution in [0.5, 0.6) is 0 Å². The van der Waals surface area contributed by atoms with Gasteiger partial charge in [0.15, 0.2) is 0 Å². The lowest BCUT2D eigenvalue weighted by Gasteiger charge is -2.33. The van der Waals surface area contributed by atoms with E-state index in [1.54, 1.807) is 17.5 Å². The van der Waals surface area contributed by atoms with Crippen molar-refractivity contribution in [2.24, 2.45) is 0 Å². The van der Waals surface area contributed by atoms with Crippen LogP contribution in [0.4, 0.5) is 4.79 Å². The van der Waals surface area contributed by atoms with Crippen molar-refractivity contribution < 1.29 is 9.90 Å². The van der Waals surface area contributed by atoms with Gasteiger partial charge in [-0.25, -0.2) is 9.78 Å². The van der Waals surface area contributed by atoms with E-state index in [1.165, 1.54) is 4.90 Å². The van der Waals surface area contributed by atoms with Crippen molar-refractivity contribution in [1.82, 2.24) is 14.9 Å². The van der Waals surface area contributed by atoms with E-state index in [-0.39, 0.29) is 0 Å². The smallest absolute Gasteiger partial charge is 0.407 e. The minimum Gasteiger partial charge on any atom is -0.465 e. The van der Waals surface area contributed by atoms with Crippen LogP contribution in [0, 0.1) is 0 Å². The molecule has 1 aromatic carbocycles. The predicted octanol–water partition coefficient (Wildman–Crippen LogP) is 4.61. The average Bonchev–Trinajstić information content (AvgIpc) is 3.14. The van der Waals surface area contributed by atoms with Crippen LogP contribution in [-0.2, 0) is 6.42 Å². The molecule has 0 aliphatic rings. The highest BCUT2D eigenvalue weighted by Crippen LogP contribution is 2.27. The molecule has 2 heterocycles. The standard InChI is InChI=1S/C18H21N3O2S/c1-18(2,3)21(17(22)23)8-6-13-11-20-15-10-12(4-5-14(13)15)16-19-7-9-24-16/h4-5,7,9-11,20H,6,8H2,1-3H3,(H,22,23). The van der Waals surface area contributed by atoms with Crippen LogP contribution in [0.1, 0.15) is 26.3 Å². The van der Waals surface area contributed by atoms with Gasteiger partial charge < -0.3 is 15.0 Å². The fourth-order valence-corrected chi connectivity index (χ4v) is 3.48. The lowest BCUT2D eigenvalue weighted by molar-refractivity contribution is 0.101. The Bertz CT molecular complexity index is 847. The van der Waals surface area contributed by atoms with Gasteiger partial charge in [0.2, 0.25) is 0 Å². The van der Waals surface area contributed by atoms with E-state index in [0.717, 1.165) is 27.0 Å². The molecular formula is C18H21N3O2S. The molecule has 0 spiro atoms. The lowest BCUT2D eigenvalue weighted by Crippen LogP contribution is -2.45. The molecule has 0 bridgehead atoms. The number of rotatable bonds is 4. The van der Waals surface area contributed by atoms with Gasteiger partial charge in [0.1, 0.15) is 5.01 Å². The number of carbonyl (C=O) groups is 1. The maximum absolute atomic E-state index is 11.5. The summed E-state index contributed by atoms with van der Waals surface area (Å²) < 4.78 is 0. The number of nitrogens with one attached hydrogen (secondary N) is 1. The van der Waals surface area contributed by atoms with Crippen LogP contribution in [0.25, 0.3) is 21.5 Å². The van der Waals surface area contributed by atoms with E-state index in [2.05, 4.69) is 28.2 Å². The third-order valence-electron chi connectivity index (χ3n) is 4.09. The maximum atomic E-state index is 11.5. The molecule has 3 rings (SSSR count). The van der Waals surface area contributed by atoms with E-state index < -0.39 is 11.6 Å². The number of fused-ring (bicyclic) bond motifs is 1. The largest absolute Gasteiger partial charge is 0.465 e. The molecule has 0 saturated carbocycles.